The number of aliphatic hydroxyl groups is 1. The fourth-order valence-electron chi connectivity index (χ4n) is 8.93. The molecule has 1 saturated carbocycles. The molecule has 246 valence electrons. The predicted molar refractivity (Wildman–Crippen MR) is 173 cm³/mol. The highest BCUT2D eigenvalue weighted by Gasteiger charge is 2.73. The van der Waals surface area contributed by atoms with Crippen molar-refractivity contribution in [2.45, 2.75) is 73.9 Å². The number of alkyl halides is 3. The first-order valence-corrected chi connectivity index (χ1v) is 16.4. The van der Waals surface area contributed by atoms with Gasteiger partial charge < -0.3 is 19.8 Å². The molecule has 2 aliphatic carbocycles. The predicted octanol–water partition coefficient (Wildman–Crippen LogP) is 6.29. The van der Waals surface area contributed by atoms with E-state index >= 15 is 0 Å². The largest absolute Gasteiger partial charge is 0.504 e. The zero-order valence-electron chi connectivity index (χ0n) is 26.1. The summed E-state index contributed by atoms with van der Waals surface area (Å²) in [5, 5.41) is 23.8. The first-order chi connectivity index (χ1) is 22.6. The van der Waals surface area contributed by atoms with Crippen LogP contribution in [0.2, 0.25) is 0 Å². The van der Waals surface area contributed by atoms with Crippen LogP contribution >= 0.6 is 0 Å². The zero-order chi connectivity index (χ0) is 33.0. The fourth-order valence-corrected chi connectivity index (χ4v) is 8.93. The van der Waals surface area contributed by atoms with Gasteiger partial charge in [-0.3, -0.25) is 9.69 Å². The number of likely N-dealkylation sites (tertiary alicyclic amines) is 1. The third kappa shape index (κ3) is 5.15. The van der Waals surface area contributed by atoms with Crippen molar-refractivity contribution >= 4 is 12.0 Å². The van der Waals surface area contributed by atoms with Crippen LogP contribution in [-0.2, 0) is 29.2 Å². The van der Waals surface area contributed by atoms with Gasteiger partial charge in [0.1, 0.15) is 6.10 Å². The molecule has 6 nitrogen and oxygen atoms in total. The van der Waals surface area contributed by atoms with E-state index in [-0.39, 0.29) is 23.3 Å². The first kappa shape index (κ1) is 31.5. The Morgan fingerprint density at radius 3 is 2.68 bits per heavy atom. The lowest BCUT2D eigenvalue weighted by atomic mass is 9.48. The fraction of sp³-hybridized carbons (Fsp3) is 0.395. The molecule has 0 radical (unpaired) electrons. The first-order valence-electron chi connectivity index (χ1n) is 16.4. The molecule has 2 fully saturated rings. The van der Waals surface area contributed by atoms with Crippen molar-refractivity contribution in [3.63, 3.8) is 0 Å². The van der Waals surface area contributed by atoms with Crippen LogP contribution in [0, 0.1) is 0 Å². The molecule has 4 aliphatic rings. The Bertz CT molecular complexity index is 1710. The second-order valence-electron chi connectivity index (χ2n) is 13.3. The van der Waals surface area contributed by atoms with E-state index in [1.54, 1.807) is 17.0 Å². The minimum Gasteiger partial charge on any atom is -0.504 e. The molecule has 1 amide bonds. The molecule has 0 aromatic heterocycles. The van der Waals surface area contributed by atoms with Crippen molar-refractivity contribution in [1.82, 2.24) is 9.80 Å². The monoisotopic (exact) mass is 644 g/mol. The number of nitrogens with zero attached hydrogens (tertiary/aromatic N) is 2. The Labute approximate surface area is 272 Å². The van der Waals surface area contributed by atoms with Gasteiger partial charge in [0, 0.05) is 30.8 Å². The van der Waals surface area contributed by atoms with Crippen LogP contribution in [0.5, 0.6) is 11.5 Å². The molecule has 2 aliphatic heterocycles. The van der Waals surface area contributed by atoms with Crippen molar-refractivity contribution in [1.29, 1.82) is 0 Å². The second-order valence-corrected chi connectivity index (χ2v) is 13.3. The van der Waals surface area contributed by atoms with E-state index in [0.717, 1.165) is 35.2 Å². The molecule has 5 atom stereocenters. The summed E-state index contributed by atoms with van der Waals surface area (Å²) in [6, 6.07) is 17.9. The molecule has 1 saturated heterocycles. The number of benzene rings is 3. The van der Waals surface area contributed by atoms with Crippen molar-refractivity contribution in [2.24, 2.45) is 0 Å². The van der Waals surface area contributed by atoms with E-state index in [2.05, 4.69) is 11.5 Å². The van der Waals surface area contributed by atoms with Crippen molar-refractivity contribution < 1.29 is 32.9 Å². The Morgan fingerprint density at radius 1 is 1.11 bits per heavy atom. The quantitative estimate of drug-likeness (QED) is 0.212. The molecule has 7 rings (SSSR count). The summed E-state index contributed by atoms with van der Waals surface area (Å²) in [6.45, 7) is 5.68. The third-order valence-electron chi connectivity index (χ3n) is 10.9. The van der Waals surface area contributed by atoms with Crippen LogP contribution in [0.3, 0.4) is 0 Å². The summed E-state index contributed by atoms with van der Waals surface area (Å²) in [5.74, 6) is 0.0828. The number of rotatable bonds is 9. The molecule has 2 N–H and O–H groups in total. The Kier molecular flexibility index (Phi) is 7.96. The van der Waals surface area contributed by atoms with E-state index in [1.807, 2.05) is 42.5 Å². The number of aryl methyl sites for hydroxylation is 1. The number of aromatic hydroxyl groups is 1. The van der Waals surface area contributed by atoms with E-state index in [9.17, 15) is 28.2 Å². The summed E-state index contributed by atoms with van der Waals surface area (Å²) in [5.41, 5.74) is 0.560. The molecule has 2 unspecified atom stereocenters. The third-order valence-corrected chi connectivity index (χ3v) is 10.9. The number of hydrogen-bond donors (Lipinski definition) is 2. The number of phenolic OH excluding ortho intramolecular Hbond substituents is 1. The minimum absolute atomic E-state index is 0.0204. The lowest BCUT2D eigenvalue weighted by molar-refractivity contribution is -0.199. The molecule has 3 aromatic carbocycles. The van der Waals surface area contributed by atoms with E-state index < -0.39 is 34.9 Å². The molecular formula is C38H39F3N2O4. The maximum atomic E-state index is 14.1. The smallest absolute Gasteiger partial charge is 0.416 e. The number of carbonyl (C=O) groups is 1. The van der Waals surface area contributed by atoms with Crippen LogP contribution in [0.1, 0.15) is 53.5 Å². The van der Waals surface area contributed by atoms with Gasteiger partial charge in [-0.1, -0.05) is 54.6 Å². The summed E-state index contributed by atoms with van der Waals surface area (Å²) in [4.78, 5) is 18.2. The number of halogens is 3. The van der Waals surface area contributed by atoms with Gasteiger partial charge in [-0.05, 0) is 86.0 Å². The molecular weight excluding hydrogens is 605 g/mol. The standard InChI is InChI=1S/C38H39F3N2O4/c1-2-20-42-22-19-36-33-27-14-15-30(44)34(33)47-35(36)29(17-18-37(36,46)31(42)24-27)43(21-7-11-25-8-4-3-5-9-25)32(45)16-13-26-10-6-12-28(23-26)38(39,40)41/h2-6,8-10,12-16,23,29,31,35,44,46H,1,7,11,17-22,24H2/t29?,31-,35?,36+,37-/m1/s1. The average molecular weight is 645 g/mol. The number of phenols is 1. The van der Waals surface area contributed by atoms with Crippen LogP contribution < -0.4 is 4.74 Å². The van der Waals surface area contributed by atoms with E-state index in [1.165, 1.54) is 18.2 Å². The summed E-state index contributed by atoms with van der Waals surface area (Å²) in [6.07, 6.45) is 3.04. The lowest BCUT2D eigenvalue weighted by Gasteiger charge is -2.64. The van der Waals surface area contributed by atoms with Crippen molar-refractivity contribution in [2.75, 3.05) is 19.6 Å². The molecule has 3 aromatic rings. The number of carbonyl (C=O) groups excluding carboxylic acids is 1. The Morgan fingerprint density at radius 2 is 1.91 bits per heavy atom. The maximum Gasteiger partial charge on any atom is 0.416 e. The zero-order valence-corrected chi connectivity index (χ0v) is 26.1. The lowest BCUT2D eigenvalue weighted by Crippen LogP contribution is -2.78. The van der Waals surface area contributed by atoms with Gasteiger partial charge >= 0.3 is 6.18 Å². The van der Waals surface area contributed by atoms with Crippen LogP contribution in [0.4, 0.5) is 13.2 Å². The summed E-state index contributed by atoms with van der Waals surface area (Å²) in [7, 11) is 0. The summed E-state index contributed by atoms with van der Waals surface area (Å²) >= 11 is 0. The summed E-state index contributed by atoms with van der Waals surface area (Å²) < 4.78 is 46.9. The minimum atomic E-state index is -4.49. The highest BCUT2D eigenvalue weighted by atomic mass is 19.4. The molecule has 9 heteroatoms. The molecule has 47 heavy (non-hydrogen) atoms. The van der Waals surface area contributed by atoms with Crippen molar-refractivity contribution in [3.05, 3.63) is 113 Å². The van der Waals surface area contributed by atoms with Gasteiger partial charge in [0.25, 0.3) is 0 Å². The highest BCUT2D eigenvalue weighted by molar-refractivity contribution is 5.92. The number of hydrogen-bond acceptors (Lipinski definition) is 5. The SMILES string of the molecule is C=CCN1CC[C@]23c4c5ccc(O)c4OC2C(N(CCCc2ccccc2)C(=O)C=Cc2cccc(C(F)(F)F)c2)CC[C@@]3(O)[C@H]1C5. The van der Waals surface area contributed by atoms with Crippen molar-refractivity contribution in [3.8, 4) is 11.5 Å². The van der Waals surface area contributed by atoms with Gasteiger partial charge in [0.05, 0.1) is 22.6 Å². The topological polar surface area (TPSA) is 73.2 Å². The highest BCUT2D eigenvalue weighted by Crippen LogP contribution is 2.65. The van der Waals surface area contributed by atoms with Gasteiger partial charge in [0.2, 0.25) is 5.91 Å². The van der Waals surface area contributed by atoms with E-state index in [4.69, 9.17) is 4.74 Å². The van der Waals surface area contributed by atoms with E-state index in [0.29, 0.717) is 57.5 Å². The van der Waals surface area contributed by atoms with Gasteiger partial charge in [0.15, 0.2) is 11.5 Å². The van der Waals surface area contributed by atoms with Crippen LogP contribution in [0.25, 0.3) is 6.08 Å². The van der Waals surface area contributed by atoms with Gasteiger partial charge in [-0.15, -0.1) is 6.58 Å². The Hall–Kier alpha value is -4.08. The van der Waals surface area contributed by atoms with Gasteiger partial charge in [-0.25, -0.2) is 0 Å². The molecule has 1 spiro atoms. The van der Waals surface area contributed by atoms with Crippen LogP contribution in [-0.4, -0.2) is 69.3 Å². The Balaban J connectivity index is 1.25. The number of ether oxygens (including phenoxy) is 1. The second kappa shape index (κ2) is 11.9. The number of piperidine rings is 1. The van der Waals surface area contributed by atoms with Gasteiger partial charge in [-0.2, -0.15) is 13.2 Å². The maximum absolute atomic E-state index is 14.1. The molecule has 2 heterocycles. The average Bonchev–Trinajstić information content (AvgIpc) is 3.41. The van der Waals surface area contributed by atoms with Crippen LogP contribution in [0.15, 0.2) is 85.5 Å². The number of amides is 1. The molecule has 2 bridgehead atoms. The normalized spacial score (nSPS) is 27.7.